The number of thiocarbonyl (C=S) groups is 1. The number of benzene rings is 4. The van der Waals surface area contributed by atoms with Crippen LogP contribution in [0, 0.1) is 0 Å². The van der Waals surface area contributed by atoms with Crippen molar-refractivity contribution in [1.29, 1.82) is 0 Å². The molecule has 4 aromatic rings. The number of anilines is 2. The topological polar surface area (TPSA) is 59.1 Å². The zero-order valence-electron chi connectivity index (χ0n) is 21.2. The molecule has 40 heavy (non-hydrogen) atoms. The maximum absolute atomic E-state index is 13.8. The van der Waals surface area contributed by atoms with Crippen LogP contribution in [-0.2, 0) is 16.2 Å². The van der Waals surface area contributed by atoms with Gasteiger partial charge in [0.15, 0.2) is 16.6 Å². The Hall–Kier alpha value is -3.79. The third-order valence-electron chi connectivity index (χ3n) is 6.17. The predicted octanol–water partition coefficient (Wildman–Crippen LogP) is 7.55. The highest BCUT2D eigenvalue weighted by molar-refractivity contribution is 9.10. The standard InChI is InChI=1S/C31H22Br2N2O4S/c1-38-27-18-20(17-26(33)28(27)39-19-21-10-8-9-15-25(21)32)16-24-29(36)34(22-11-4-2-5-12-22)31(40)35(30(24)37)23-13-6-3-7-14-23/h2-18H,19H2,1H3. The van der Waals surface area contributed by atoms with E-state index in [2.05, 4.69) is 31.9 Å². The second kappa shape index (κ2) is 12.2. The van der Waals surface area contributed by atoms with Gasteiger partial charge in [-0.2, -0.15) is 0 Å². The summed E-state index contributed by atoms with van der Waals surface area (Å²) in [6, 6.07) is 29.3. The van der Waals surface area contributed by atoms with Crippen molar-refractivity contribution in [2.45, 2.75) is 6.61 Å². The molecule has 0 aliphatic carbocycles. The van der Waals surface area contributed by atoms with Crippen molar-refractivity contribution < 1.29 is 19.1 Å². The normalized spacial score (nSPS) is 13.5. The van der Waals surface area contributed by atoms with Gasteiger partial charge in [0.1, 0.15) is 12.2 Å². The Morgan fingerprint density at radius 1 is 0.775 bits per heavy atom. The smallest absolute Gasteiger partial charge is 0.270 e. The number of para-hydroxylation sites is 2. The number of halogens is 2. The van der Waals surface area contributed by atoms with E-state index >= 15 is 0 Å². The average molecular weight is 678 g/mol. The third kappa shape index (κ3) is 5.58. The minimum atomic E-state index is -0.516. The van der Waals surface area contributed by atoms with E-state index in [1.54, 1.807) is 42.5 Å². The first-order chi connectivity index (χ1) is 19.4. The molecule has 0 radical (unpaired) electrons. The van der Waals surface area contributed by atoms with E-state index in [0.29, 0.717) is 39.5 Å². The molecule has 0 N–H and O–H groups in total. The first-order valence-corrected chi connectivity index (χ1v) is 14.2. The van der Waals surface area contributed by atoms with E-state index in [4.69, 9.17) is 21.7 Å². The van der Waals surface area contributed by atoms with Gasteiger partial charge in [0.25, 0.3) is 11.8 Å². The molecular formula is C31H22Br2N2O4S. The molecule has 2 amide bonds. The molecule has 1 heterocycles. The number of carbonyl (C=O) groups is 2. The van der Waals surface area contributed by atoms with E-state index in [1.807, 2.05) is 60.7 Å². The molecule has 0 aromatic heterocycles. The molecule has 200 valence electrons. The molecule has 0 spiro atoms. The van der Waals surface area contributed by atoms with Gasteiger partial charge < -0.3 is 9.47 Å². The molecule has 4 aromatic carbocycles. The minimum absolute atomic E-state index is 0.0443. The number of hydrogen-bond acceptors (Lipinski definition) is 5. The van der Waals surface area contributed by atoms with Crippen molar-refractivity contribution in [2.75, 3.05) is 16.9 Å². The lowest BCUT2D eigenvalue weighted by atomic mass is 10.0. The van der Waals surface area contributed by atoms with E-state index in [-0.39, 0.29) is 10.7 Å². The molecule has 0 bridgehead atoms. The summed E-state index contributed by atoms with van der Waals surface area (Å²) < 4.78 is 13.2. The quantitative estimate of drug-likeness (QED) is 0.115. The van der Waals surface area contributed by atoms with Crippen LogP contribution in [0.1, 0.15) is 11.1 Å². The van der Waals surface area contributed by atoms with Crippen LogP contribution in [0.15, 0.2) is 112 Å². The monoisotopic (exact) mass is 676 g/mol. The van der Waals surface area contributed by atoms with Crippen molar-refractivity contribution in [3.05, 3.63) is 123 Å². The van der Waals surface area contributed by atoms with Gasteiger partial charge in [-0.25, -0.2) is 0 Å². The van der Waals surface area contributed by atoms with E-state index in [1.165, 1.54) is 16.9 Å². The fourth-order valence-corrected chi connectivity index (χ4v) is 5.58. The van der Waals surface area contributed by atoms with Crippen LogP contribution in [-0.4, -0.2) is 24.0 Å². The first kappa shape index (κ1) is 27.8. The molecule has 6 nitrogen and oxygen atoms in total. The van der Waals surface area contributed by atoms with Crippen LogP contribution in [0.3, 0.4) is 0 Å². The summed E-state index contributed by atoms with van der Waals surface area (Å²) in [7, 11) is 1.54. The van der Waals surface area contributed by atoms with Gasteiger partial charge in [0.05, 0.1) is 23.0 Å². The first-order valence-electron chi connectivity index (χ1n) is 12.2. The average Bonchev–Trinajstić information content (AvgIpc) is 2.96. The molecule has 1 saturated heterocycles. The molecule has 1 aliphatic rings. The van der Waals surface area contributed by atoms with Crippen LogP contribution in [0.25, 0.3) is 6.08 Å². The van der Waals surface area contributed by atoms with E-state index < -0.39 is 11.8 Å². The maximum atomic E-state index is 13.8. The van der Waals surface area contributed by atoms with Crippen LogP contribution in [0.4, 0.5) is 11.4 Å². The second-order valence-corrected chi connectivity index (χ2v) is 10.8. The van der Waals surface area contributed by atoms with Crippen molar-refractivity contribution in [2.24, 2.45) is 0 Å². The van der Waals surface area contributed by atoms with Crippen molar-refractivity contribution in [3.8, 4) is 11.5 Å². The van der Waals surface area contributed by atoms with Crippen LogP contribution >= 0.6 is 44.1 Å². The summed E-state index contributed by atoms with van der Waals surface area (Å²) >= 11 is 12.8. The third-order valence-corrected chi connectivity index (χ3v) is 7.90. The highest BCUT2D eigenvalue weighted by Crippen LogP contribution is 2.39. The number of nitrogens with zero attached hydrogens (tertiary/aromatic N) is 2. The van der Waals surface area contributed by atoms with Gasteiger partial charge in [0, 0.05) is 10.0 Å². The maximum Gasteiger partial charge on any atom is 0.270 e. The molecular weight excluding hydrogens is 656 g/mol. The zero-order valence-corrected chi connectivity index (χ0v) is 25.2. The Morgan fingerprint density at radius 3 is 1.88 bits per heavy atom. The van der Waals surface area contributed by atoms with E-state index in [9.17, 15) is 9.59 Å². The van der Waals surface area contributed by atoms with Crippen LogP contribution in [0.2, 0.25) is 0 Å². The fourth-order valence-electron chi connectivity index (χ4n) is 4.23. The molecule has 5 rings (SSSR count). The lowest BCUT2D eigenvalue weighted by molar-refractivity contribution is -0.120. The minimum Gasteiger partial charge on any atom is -0.493 e. The van der Waals surface area contributed by atoms with Crippen molar-refractivity contribution in [1.82, 2.24) is 0 Å². The summed E-state index contributed by atoms with van der Waals surface area (Å²) in [6.45, 7) is 0.309. The van der Waals surface area contributed by atoms with Crippen LogP contribution < -0.4 is 19.3 Å². The largest absolute Gasteiger partial charge is 0.493 e. The summed E-state index contributed by atoms with van der Waals surface area (Å²) in [6.07, 6.45) is 1.54. The lowest BCUT2D eigenvalue weighted by Gasteiger charge is -2.36. The molecule has 9 heteroatoms. The summed E-state index contributed by atoms with van der Waals surface area (Å²) in [5, 5.41) is 0.0825. The number of methoxy groups -OCH3 is 1. The van der Waals surface area contributed by atoms with Crippen LogP contribution in [0.5, 0.6) is 11.5 Å². The van der Waals surface area contributed by atoms with E-state index in [0.717, 1.165) is 10.0 Å². The highest BCUT2D eigenvalue weighted by Gasteiger charge is 2.41. The Balaban J connectivity index is 1.55. The van der Waals surface area contributed by atoms with Gasteiger partial charge in [-0.3, -0.25) is 19.4 Å². The number of carbonyl (C=O) groups excluding carboxylic acids is 2. The Bertz CT molecular complexity index is 1560. The highest BCUT2D eigenvalue weighted by atomic mass is 79.9. The molecule has 1 fully saturated rings. The summed E-state index contributed by atoms with van der Waals surface area (Å²) in [4.78, 5) is 30.3. The molecule has 0 saturated carbocycles. The Morgan fingerprint density at radius 2 is 1.32 bits per heavy atom. The molecule has 0 atom stereocenters. The zero-order chi connectivity index (χ0) is 28.2. The number of ether oxygens (including phenoxy) is 2. The molecule has 1 aliphatic heterocycles. The second-order valence-electron chi connectivity index (χ2n) is 8.71. The van der Waals surface area contributed by atoms with Crippen molar-refractivity contribution in [3.63, 3.8) is 0 Å². The number of hydrogen-bond donors (Lipinski definition) is 0. The van der Waals surface area contributed by atoms with Gasteiger partial charge >= 0.3 is 0 Å². The lowest BCUT2D eigenvalue weighted by Crippen LogP contribution is -2.56. The summed E-state index contributed by atoms with van der Waals surface area (Å²) in [5.74, 6) is -0.0884. The van der Waals surface area contributed by atoms with Gasteiger partial charge in [-0.1, -0.05) is 70.5 Å². The van der Waals surface area contributed by atoms with Gasteiger partial charge in [0.2, 0.25) is 0 Å². The fraction of sp³-hybridized carbons (Fsp3) is 0.0645. The van der Waals surface area contributed by atoms with Crippen molar-refractivity contribution >= 4 is 78.5 Å². The van der Waals surface area contributed by atoms with Gasteiger partial charge in [-0.05, 0) is 82.3 Å². The SMILES string of the molecule is COc1cc(C=C2C(=O)N(c3ccccc3)C(=S)N(c3ccccc3)C2=O)cc(Br)c1OCc1ccccc1Br. The van der Waals surface area contributed by atoms with Gasteiger partial charge in [-0.15, -0.1) is 0 Å². The molecule has 0 unspecified atom stereocenters. The number of amides is 2. The predicted molar refractivity (Wildman–Crippen MR) is 168 cm³/mol. The summed E-state index contributed by atoms with van der Waals surface area (Å²) in [5.41, 5.74) is 2.62. The Labute approximate surface area is 254 Å². The Kier molecular flexibility index (Phi) is 8.44. The number of rotatable bonds is 7.